The topological polar surface area (TPSA) is 0 Å². The van der Waals surface area contributed by atoms with E-state index in [0.717, 1.165) is 0 Å². The predicted octanol–water partition coefficient (Wildman–Crippen LogP) is 1.18. The van der Waals surface area contributed by atoms with Gasteiger partial charge in [0, 0.05) is 0 Å². The molecule has 4 heteroatoms. The Labute approximate surface area is 83.5 Å². The molecule has 0 rings (SSSR count). The Balaban J connectivity index is -0.0000000160. The summed E-state index contributed by atoms with van der Waals surface area (Å²) in [5, 5.41) is 2.33. The summed E-state index contributed by atoms with van der Waals surface area (Å²) in [4.78, 5) is 0. The van der Waals surface area contributed by atoms with Crippen molar-refractivity contribution < 1.29 is 0 Å². The van der Waals surface area contributed by atoms with Crippen LogP contribution in [0.3, 0.4) is 0 Å². The summed E-state index contributed by atoms with van der Waals surface area (Å²) >= 11 is 5.16. The van der Waals surface area contributed by atoms with Crippen molar-refractivity contribution in [2.24, 2.45) is 0 Å². The van der Waals surface area contributed by atoms with Gasteiger partial charge in [0.2, 0.25) is 0 Å². The normalized spacial score (nSPS) is 4.75. The van der Waals surface area contributed by atoms with Crippen molar-refractivity contribution in [1.29, 1.82) is 0 Å². The van der Waals surface area contributed by atoms with Gasteiger partial charge in [-0.05, 0) is 0 Å². The fraction of sp³-hybridized carbons (Fsp3) is 1.00. The molecule has 0 saturated carbocycles. The van der Waals surface area contributed by atoms with E-state index >= 15 is 0 Å². The minimum atomic E-state index is 0. The molecule has 0 aromatic rings. The van der Waals surface area contributed by atoms with Gasteiger partial charge in [-0.25, -0.2) is 0 Å². The first-order chi connectivity index (χ1) is 2.83. The van der Waals surface area contributed by atoms with Crippen molar-refractivity contribution >= 4 is 59.6 Å². The Morgan fingerprint density at radius 1 is 0.875 bits per heavy atom. The van der Waals surface area contributed by atoms with Crippen LogP contribution in [0.1, 0.15) is 13.8 Å². The molecule has 0 bridgehead atoms. The van der Waals surface area contributed by atoms with Gasteiger partial charge in [0.1, 0.15) is 0 Å². The van der Waals surface area contributed by atoms with E-state index in [1.807, 2.05) is 0 Å². The van der Waals surface area contributed by atoms with Crippen LogP contribution >= 0.6 is 0 Å². The zero-order chi connectivity index (χ0) is 5.41. The molecule has 0 N–H and O–H groups in total. The van der Waals surface area contributed by atoms with Crippen LogP contribution in [-0.4, -0.2) is 32.6 Å². The monoisotopic (exact) mass is 176 g/mol. The Kier molecular flexibility index (Phi) is 105. The van der Waals surface area contributed by atoms with Crippen molar-refractivity contribution in [2.45, 2.75) is 24.4 Å². The smallest absolute Gasteiger partial charge is 2.00 e. The Morgan fingerprint density at radius 2 is 0.875 bits per heavy atom. The standard InChI is InChI=1S/2C2H5.2Al.2S/c2*1-2;;;;/h2*1H2,2H3;;;;/q;;2*+2;2*-2. The van der Waals surface area contributed by atoms with Gasteiger partial charge in [-0.3, -0.25) is 0 Å². The molecule has 0 radical (unpaired) electrons. The summed E-state index contributed by atoms with van der Waals surface area (Å²) in [7, 11) is 0. The van der Waals surface area contributed by atoms with Crippen LogP contribution in [0.4, 0.5) is 0 Å². The molecule has 8 heavy (non-hydrogen) atoms. The molecule has 0 nitrogen and oxygen atoms in total. The maximum absolute atomic E-state index is 2.58. The van der Waals surface area contributed by atoms with Crippen molar-refractivity contribution in [1.82, 2.24) is 0 Å². The average Bonchev–Trinajstić information content (AvgIpc) is 1.39. The fourth-order valence-electron chi connectivity index (χ4n) is 0. The van der Waals surface area contributed by atoms with Gasteiger partial charge < -0.3 is 27.0 Å². The van der Waals surface area contributed by atoms with Gasteiger partial charge in [0.25, 0.3) is 0 Å². The number of rotatable bonds is 0. The van der Waals surface area contributed by atoms with Crippen LogP contribution in [0, 0.1) is 0 Å². The first kappa shape index (κ1) is 22.6. The second kappa shape index (κ2) is 37.3. The average molecular weight is 176 g/mol. The Morgan fingerprint density at radius 3 is 0.875 bits per heavy atom. The van der Waals surface area contributed by atoms with Gasteiger partial charge in [0.15, 0.2) is 0 Å². The van der Waals surface area contributed by atoms with E-state index in [-0.39, 0.29) is 27.0 Å². The van der Waals surface area contributed by atoms with Crippen LogP contribution in [0.15, 0.2) is 0 Å². The first-order valence-electron chi connectivity index (χ1n) is 2.23. The van der Waals surface area contributed by atoms with E-state index in [0.29, 0.717) is 0 Å². The van der Waals surface area contributed by atoms with E-state index in [1.165, 1.54) is 10.6 Å². The minimum Gasteiger partial charge on any atom is -2.00 e. The SMILES string of the molecule is C[CH2][Al+2].C[CH2][Al+2].[S-2].[S-2]. The molecule has 0 aliphatic carbocycles. The minimum absolute atomic E-state index is 0. The van der Waals surface area contributed by atoms with Gasteiger partial charge in [0.05, 0.1) is 0 Å². The van der Waals surface area contributed by atoms with Crippen LogP contribution in [0.5, 0.6) is 0 Å². The van der Waals surface area contributed by atoms with E-state index < -0.39 is 0 Å². The van der Waals surface area contributed by atoms with Crippen molar-refractivity contribution in [3.63, 3.8) is 0 Å². The summed E-state index contributed by atoms with van der Waals surface area (Å²) in [6.45, 7) is 4.18. The summed E-state index contributed by atoms with van der Waals surface area (Å²) in [5.74, 6) is 0. The molecule has 44 valence electrons. The van der Waals surface area contributed by atoms with Crippen molar-refractivity contribution in [2.75, 3.05) is 0 Å². The summed E-state index contributed by atoms with van der Waals surface area (Å²) in [6.07, 6.45) is 0. The van der Waals surface area contributed by atoms with Gasteiger partial charge in [-0.2, -0.15) is 0 Å². The van der Waals surface area contributed by atoms with Crippen LogP contribution in [0.2, 0.25) is 10.6 Å². The Hall–Kier alpha value is 1.76. The molecular formula is C4H10Al2S2. The predicted molar refractivity (Wildman–Crippen MR) is 47.2 cm³/mol. The molecule has 0 aromatic carbocycles. The summed E-state index contributed by atoms with van der Waals surface area (Å²) < 4.78 is 0. The second-order valence-electron chi connectivity index (χ2n) is 0.816. The fourth-order valence-corrected chi connectivity index (χ4v) is 0. The molecule has 0 aliphatic rings. The summed E-state index contributed by atoms with van der Waals surface area (Å²) in [5.41, 5.74) is 0. The third-order valence-electron chi connectivity index (χ3n) is 0. The molecule has 0 atom stereocenters. The van der Waals surface area contributed by atoms with Gasteiger partial charge >= 0.3 is 57.0 Å². The zero-order valence-corrected chi connectivity index (χ0v) is 9.33. The maximum Gasteiger partial charge on any atom is -2.00 e. The van der Waals surface area contributed by atoms with E-state index in [9.17, 15) is 0 Å². The van der Waals surface area contributed by atoms with Crippen LogP contribution < -0.4 is 0 Å². The quantitative estimate of drug-likeness (QED) is 0.486. The molecule has 0 spiro atoms. The largest absolute Gasteiger partial charge is 2.00 e. The first-order valence-corrected chi connectivity index (χ1v) is 3.86. The van der Waals surface area contributed by atoms with Gasteiger partial charge in [-0.1, -0.05) is 0 Å². The third-order valence-corrected chi connectivity index (χ3v) is 0. The van der Waals surface area contributed by atoms with Gasteiger partial charge in [-0.15, -0.1) is 0 Å². The van der Waals surface area contributed by atoms with Crippen LogP contribution in [0.25, 0.3) is 0 Å². The van der Waals surface area contributed by atoms with Crippen molar-refractivity contribution in [3.05, 3.63) is 0 Å². The van der Waals surface area contributed by atoms with Crippen LogP contribution in [-0.2, 0) is 27.0 Å². The molecule has 0 aromatic heterocycles. The molecule has 0 heterocycles. The second-order valence-corrected chi connectivity index (χ2v) is 2.45. The molecule has 0 unspecified atom stereocenters. The van der Waals surface area contributed by atoms with Crippen molar-refractivity contribution in [3.8, 4) is 0 Å². The maximum atomic E-state index is 2.58. The summed E-state index contributed by atoms with van der Waals surface area (Å²) in [6, 6.07) is 0. The molecular weight excluding hydrogens is 166 g/mol. The van der Waals surface area contributed by atoms with E-state index in [2.05, 4.69) is 46.4 Å². The van der Waals surface area contributed by atoms with E-state index in [4.69, 9.17) is 0 Å². The molecule has 0 amide bonds. The molecule has 0 aliphatic heterocycles. The molecule has 0 saturated heterocycles. The third kappa shape index (κ3) is 114. The number of hydrogen-bond acceptors (Lipinski definition) is 0. The molecule has 0 fully saturated rings. The number of hydrogen-bond donors (Lipinski definition) is 0. The zero-order valence-electron chi connectivity index (χ0n) is 5.39. The Bertz CT molecular complexity index is 14.0. The van der Waals surface area contributed by atoms with E-state index in [1.54, 1.807) is 0 Å².